The van der Waals surface area contributed by atoms with Crippen molar-refractivity contribution in [2.75, 3.05) is 0 Å². The maximum atomic E-state index is 4.23. The Bertz CT molecular complexity index is 535. The SMILES string of the molecule is Cc1ccncc1-c1cccc(CC(C)(C)C)c1. The Kier molecular flexibility index (Phi) is 3.51. The van der Waals surface area contributed by atoms with Crippen LogP contribution in [0.4, 0.5) is 0 Å². The molecule has 0 unspecified atom stereocenters. The summed E-state index contributed by atoms with van der Waals surface area (Å²) in [6.07, 6.45) is 4.89. The summed E-state index contributed by atoms with van der Waals surface area (Å²) in [5, 5.41) is 0. The van der Waals surface area contributed by atoms with Gasteiger partial charge in [-0.25, -0.2) is 0 Å². The van der Waals surface area contributed by atoms with Gasteiger partial charge in [0.2, 0.25) is 0 Å². The molecule has 0 aliphatic rings. The number of aryl methyl sites for hydroxylation is 1. The van der Waals surface area contributed by atoms with E-state index >= 15 is 0 Å². The van der Waals surface area contributed by atoms with Gasteiger partial charge in [0, 0.05) is 18.0 Å². The van der Waals surface area contributed by atoms with Gasteiger partial charge in [0.15, 0.2) is 0 Å². The highest BCUT2D eigenvalue weighted by Crippen LogP contribution is 2.26. The first-order valence-electron chi connectivity index (χ1n) is 6.46. The van der Waals surface area contributed by atoms with Crippen LogP contribution in [-0.4, -0.2) is 4.98 Å². The zero-order valence-corrected chi connectivity index (χ0v) is 11.7. The van der Waals surface area contributed by atoms with Crippen LogP contribution in [0.1, 0.15) is 31.9 Å². The van der Waals surface area contributed by atoms with Crippen LogP contribution in [0, 0.1) is 12.3 Å². The van der Waals surface area contributed by atoms with Gasteiger partial charge in [0.25, 0.3) is 0 Å². The molecule has 18 heavy (non-hydrogen) atoms. The Labute approximate surface area is 110 Å². The molecule has 2 aromatic rings. The van der Waals surface area contributed by atoms with Gasteiger partial charge in [-0.2, -0.15) is 0 Å². The van der Waals surface area contributed by atoms with Gasteiger partial charge in [0.05, 0.1) is 0 Å². The molecular weight excluding hydrogens is 218 g/mol. The molecule has 94 valence electrons. The largest absolute Gasteiger partial charge is 0.264 e. The van der Waals surface area contributed by atoms with Gasteiger partial charge >= 0.3 is 0 Å². The fourth-order valence-electron chi connectivity index (χ4n) is 2.23. The Morgan fingerprint density at radius 1 is 1.11 bits per heavy atom. The number of benzene rings is 1. The van der Waals surface area contributed by atoms with Crippen LogP contribution in [0.25, 0.3) is 11.1 Å². The number of hydrogen-bond acceptors (Lipinski definition) is 1. The van der Waals surface area contributed by atoms with Crippen molar-refractivity contribution >= 4 is 0 Å². The lowest BCUT2D eigenvalue weighted by Crippen LogP contribution is -2.09. The topological polar surface area (TPSA) is 12.9 Å². The number of pyridine rings is 1. The van der Waals surface area contributed by atoms with Crippen molar-refractivity contribution in [2.45, 2.75) is 34.1 Å². The minimum absolute atomic E-state index is 0.322. The lowest BCUT2D eigenvalue weighted by molar-refractivity contribution is 0.411. The Hall–Kier alpha value is -1.63. The van der Waals surface area contributed by atoms with Gasteiger partial charge in [0.1, 0.15) is 0 Å². The molecule has 0 N–H and O–H groups in total. The molecule has 0 atom stereocenters. The van der Waals surface area contributed by atoms with E-state index in [1.54, 1.807) is 0 Å². The molecule has 2 rings (SSSR count). The van der Waals surface area contributed by atoms with Crippen molar-refractivity contribution in [3.05, 3.63) is 53.9 Å². The predicted molar refractivity (Wildman–Crippen MR) is 77.6 cm³/mol. The summed E-state index contributed by atoms with van der Waals surface area (Å²) in [5.41, 5.74) is 5.49. The van der Waals surface area contributed by atoms with Gasteiger partial charge in [-0.15, -0.1) is 0 Å². The molecule has 0 bridgehead atoms. The van der Waals surface area contributed by atoms with E-state index in [4.69, 9.17) is 0 Å². The average Bonchev–Trinajstić information content (AvgIpc) is 2.27. The number of hydrogen-bond donors (Lipinski definition) is 0. The molecule has 1 nitrogen and oxygen atoms in total. The highest BCUT2D eigenvalue weighted by Gasteiger charge is 2.12. The van der Waals surface area contributed by atoms with Crippen LogP contribution >= 0.6 is 0 Å². The number of rotatable bonds is 2. The molecule has 1 heterocycles. The lowest BCUT2D eigenvalue weighted by atomic mass is 9.87. The van der Waals surface area contributed by atoms with E-state index in [2.05, 4.69) is 63.0 Å². The summed E-state index contributed by atoms with van der Waals surface area (Å²) >= 11 is 0. The van der Waals surface area contributed by atoms with E-state index in [-0.39, 0.29) is 0 Å². The van der Waals surface area contributed by atoms with E-state index in [1.807, 2.05) is 12.4 Å². The second-order valence-corrected chi connectivity index (χ2v) is 6.13. The summed E-state index contributed by atoms with van der Waals surface area (Å²) in [6.45, 7) is 8.95. The molecule has 1 aromatic carbocycles. The summed E-state index contributed by atoms with van der Waals surface area (Å²) in [6, 6.07) is 10.9. The average molecular weight is 239 g/mol. The molecule has 0 aliphatic heterocycles. The molecule has 0 saturated carbocycles. The molecule has 0 fully saturated rings. The second kappa shape index (κ2) is 4.93. The quantitative estimate of drug-likeness (QED) is 0.743. The first-order chi connectivity index (χ1) is 8.46. The van der Waals surface area contributed by atoms with E-state index < -0.39 is 0 Å². The highest BCUT2D eigenvalue weighted by molar-refractivity contribution is 5.66. The van der Waals surface area contributed by atoms with Crippen LogP contribution in [0.5, 0.6) is 0 Å². The van der Waals surface area contributed by atoms with Crippen LogP contribution in [-0.2, 0) is 6.42 Å². The van der Waals surface area contributed by atoms with E-state index in [9.17, 15) is 0 Å². The zero-order chi connectivity index (χ0) is 13.2. The minimum Gasteiger partial charge on any atom is -0.264 e. The maximum absolute atomic E-state index is 4.23. The molecule has 0 amide bonds. The molecule has 0 aliphatic carbocycles. The van der Waals surface area contributed by atoms with Gasteiger partial charge < -0.3 is 0 Å². The fourth-order valence-corrected chi connectivity index (χ4v) is 2.23. The summed E-state index contributed by atoms with van der Waals surface area (Å²) < 4.78 is 0. The van der Waals surface area contributed by atoms with E-state index in [0.29, 0.717) is 5.41 Å². The first kappa shape index (κ1) is 12.8. The normalized spacial score (nSPS) is 11.6. The Balaban J connectivity index is 2.36. The van der Waals surface area contributed by atoms with Crippen molar-refractivity contribution in [2.24, 2.45) is 5.41 Å². The van der Waals surface area contributed by atoms with Gasteiger partial charge in [-0.3, -0.25) is 4.98 Å². The Morgan fingerprint density at radius 3 is 2.56 bits per heavy atom. The monoisotopic (exact) mass is 239 g/mol. The predicted octanol–water partition coefficient (Wildman–Crippen LogP) is 4.65. The first-order valence-corrected chi connectivity index (χ1v) is 6.46. The van der Waals surface area contributed by atoms with Crippen molar-refractivity contribution in [1.82, 2.24) is 4.98 Å². The van der Waals surface area contributed by atoms with Gasteiger partial charge in [-0.1, -0.05) is 45.0 Å². The molecular formula is C17H21N. The number of aromatic nitrogens is 1. The van der Waals surface area contributed by atoms with Crippen LogP contribution in [0.15, 0.2) is 42.7 Å². The third-order valence-corrected chi connectivity index (χ3v) is 3.01. The molecule has 0 spiro atoms. The molecule has 1 aromatic heterocycles. The van der Waals surface area contributed by atoms with Crippen molar-refractivity contribution in [3.8, 4) is 11.1 Å². The van der Waals surface area contributed by atoms with Crippen molar-refractivity contribution in [3.63, 3.8) is 0 Å². The standard InChI is InChI=1S/C17H21N/c1-13-8-9-18-12-16(13)15-7-5-6-14(10-15)11-17(2,3)4/h5-10,12H,11H2,1-4H3. The van der Waals surface area contributed by atoms with Crippen LogP contribution in [0.2, 0.25) is 0 Å². The smallest absolute Gasteiger partial charge is 0.0349 e. The number of nitrogens with zero attached hydrogens (tertiary/aromatic N) is 1. The van der Waals surface area contributed by atoms with Crippen LogP contribution in [0.3, 0.4) is 0 Å². The summed E-state index contributed by atoms with van der Waals surface area (Å²) in [7, 11) is 0. The molecule has 0 saturated heterocycles. The van der Waals surface area contributed by atoms with Gasteiger partial charge in [-0.05, 0) is 41.5 Å². The fraction of sp³-hybridized carbons (Fsp3) is 0.353. The molecule has 1 heteroatoms. The summed E-state index contributed by atoms with van der Waals surface area (Å²) in [4.78, 5) is 4.23. The Morgan fingerprint density at radius 2 is 1.89 bits per heavy atom. The zero-order valence-electron chi connectivity index (χ0n) is 11.7. The van der Waals surface area contributed by atoms with Crippen LogP contribution < -0.4 is 0 Å². The van der Waals surface area contributed by atoms with E-state index in [0.717, 1.165) is 6.42 Å². The van der Waals surface area contributed by atoms with Crippen molar-refractivity contribution < 1.29 is 0 Å². The van der Waals surface area contributed by atoms with E-state index in [1.165, 1.54) is 22.3 Å². The van der Waals surface area contributed by atoms with Crippen molar-refractivity contribution in [1.29, 1.82) is 0 Å². The lowest BCUT2D eigenvalue weighted by Gasteiger charge is -2.18. The molecule has 0 radical (unpaired) electrons. The second-order valence-electron chi connectivity index (χ2n) is 6.13. The summed E-state index contributed by atoms with van der Waals surface area (Å²) in [5.74, 6) is 0. The minimum atomic E-state index is 0.322. The third-order valence-electron chi connectivity index (χ3n) is 3.01. The maximum Gasteiger partial charge on any atom is 0.0349 e. The third kappa shape index (κ3) is 3.19. The highest BCUT2D eigenvalue weighted by atomic mass is 14.6.